The number of fused-ring (bicyclic) bond motifs is 1. The molecule has 2 N–H and O–H groups in total. The molecule has 2 aromatic heterocycles. The summed E-state index contributed by atoms with van der Waals surface area (Å²) in [6.45, 7) is 4.77. The van der Waals surface area contributed by atoms with Crippen LogP contribution >= 0.6 is 0 Å². The Bertz CT molecular complexity index is 1120. The second-order valence-corrected chi connectivity index (χ2v) is 7.06. The lowest BCUT2D eigenvalue weighted by molar-refractivity contribution is 0.354. The summed E-state index contributed by atoms with van der Waals surface area (Å²) in [6.07, 6.45) is 2.15. The monoisotopic (exact) mass is 399 g/mol. The molecular weight excluding hydrogens is 374 g/mol. The Morgan fingerprint density at radius 2 is 1.93 bits per heavy atom. The van der Waals surface area contributed by atoms with Crippen molar-refractivity contribution in [1.82, 2.24) is 19.5 Å². The Morgan fingerprint density at radius 3 is 2.62 bits per heavy atom. The highest BCUT2D eigenvalue weighted by molar-refractivity contribution is 5.72. The summed E-state index contributed by atoms with van der Waals surface area (Å²) in [5.74, 6) is 1.83. The molecule has 0 spiro atoms. The third kappa shape index (κ3) is 4.56. The maximum Gasteiger partial charge on any atom is 0.328 e. The summed E-state index contributed by atoms with van der Waals surface area (Å²) < 4.78 is 11.7. The van der Waals surface area contributed by atoms with Crippen molar-refractivity contribution in [1.29, 1.82) is 0 Å². The molecule has 2 heterocycles. The van der Waals surface area contributed by atoms with Gasteiger partial charge in [-0.05, 0) is 30.0 Å². The Morgan fingerprint density at radius 1 is 1.17 bits per heavy atom. The minimum absolute atomic E-state index is 0.159. The van der Waals surface area contributed by atoms with Crippen molar-refractivity contribution in [2.24, 2.45) is 5.92 Å². The largest absolute Gasteiger partial charge is 0.493 e. The first-order valence-electron chi connectivity index (χ1n) is 9.37. The number of aromatic amines is 1. The number of benzene rings is 1. The third-order valence-corrected chi connectivity index (χ3v) is 4.42. The molecule has 0 bridgehead atoms. The summed E-state index contributed by atoms with van der Waals surface area (Å²) in [7, 11) is 3.19. The van der Waals surface area contributed by atoms with Crippen LogP contribution in [-0.2, 0) is 13.0 Å². The molecule has 0 radical (unpaired) electrons. The van der Waals surface area contributed by atoms with Gasteiger partial charge in [-0.15, -0.1) is 0 Å². The average Bonchev–Trinajstić information content (AvgIpc) is 2.71. The first-order chi connectivity index (χ1) is 13.9. The number of aromatic nitrogens is 4. The Labute approximate surface area is 167 Å². The molecule has 0 unspecified atom stereocenters. The maximum atomic E-state index is 12.7. The molecule has 3 aromatic rings. The molecule has 0 aliphatic heterocycles. The molecule has 1 aromatic carbocycles. The Kier molecular flexibility index (Phi) is 6.16. The van der Waals surface area contributed by atoms with Gasteiger partial charge in [0, 0.05) is 13.1 Å². The lowest BCUT2D eigenvalue weighted by Gasteiger charge is -2.11. The van der Waals surface area contributed by atoms with Crippen LogP contribution in [0.25, 0.3) is 11.0 Å². The number of anilines is 1. The van der Waals surface area contributed by atoms with Crippen LogP contribution in [0, 0.1) is 5.92 Å². The zero-order valence-electron chi connectivity index (χ0n) is 17.0. The average molecular weight is 399 g/mol. The minimum atomic E-state index is -0.450. The Balaban J connectivity index is 1.77. The number of H-pyrrole nitrogens is 1. The minimum Gasteiger partial charge on any atom is -0.493 e. The number of ether oxygens (including phenoxy) is 2. The van der Waals surface area contributed by atoms with Crippen molar-refractivity contribution in [3.8, 4) is 11.5 Å². The van der Waals surface area contributed by atoms with Crippen molar-refractivity contribution in [3.63, 3.8) is 0 Å². The number of hydrogen-bond donors (Lipinski definition) is 2. The van der Waals surface area contributed by atoms with Crippen LogP contribution in [0.3, 0.4) is 0 Å². The predicted octanol–water partition coefficient (Wildman–Crippen LogP) is 1.81. The number of nitrogens with zero attached hydrogens (tertiary/aromatic N) is 3. The molecular formula is C20H25N5O4. The van der Waals surface area contributed by atoms with Crippen LogP contribution in [0.1, 0.15) is 19.4 Å². The lowest BCUT2D eigenvalue weighted by Crippen LogP contribution is -2.36. The van der Waals surface area contributed by atoms with E-state index in [0.29, 0.717) is 42.5 Å². The van der Waals surface area contributed by atoms with Gasteiger partial charge in [-0.25, -0.2) is 14.8 Å². The number of rotatable bonds is 8. The van der Waals surface area contributed by atoms with E-state index >= 15 is 0 Å². The molecule has 0 aliphatic rings. The van der Waals surface area contributed by atoms with Gasteiger partial charge in [0.05, 0.1) is 25.9 Å². The number of hydrogen-bond acceptors (Lipinski definition) is 7. The molecule has 29 heavy (non-hydrogen) atoms. The van der Waals surface area contributed by atoms with Crippen LogP contribution < -0.4 is 26.0 Å². The van der Waals surface area contributed by atoms with E-state index in [4.69, 9.17) is 9.47 Å². The van der Waals surface area contributed by atoms with Crippen molar-refractivity contribution < 1.29 is 9.47 Å². The van der Waals surface area contributed by atoms with E-state index in [-0.39, 0.29) is 11.4 Å². The number of nitrogens with one attached hydrogen (secondary N) is 2. The molecule has 0 fully saturated rings. The first kappa shape index (κ1) is 20.4. The van der Waals surface area contributed by atoms with Gasteiger partial charge < -0.3 is 19.8 Å². The van der Waals surface area contributed by atoms with E-state index in [1.807, 2.05) is 32.0 Å². The van der Waals surface area contributed by atoms with E-state index < -0.39 is 11.2 Å². The van der Waals surface area contributed by atoms with Crippen LogP contribution in [0.15, 0.2) is 34.0 Å². The fourth-order valence-corrected chi connectivity index (χ4v) is 3.01. The maximum absolute atomic E-state index is 12.7. The second-order valence-electron chi connectivity index (χ2n) is 7.06. The van der Waals surface area contributed by atoms with E-state index in [1.54, 1.807) is 14.2 Å². The molecule has 0 amide bonds. The molecule has 154 valence electrons. The molecule has 0 saturated heterocycles. The lowest BCUT2D eigenvalue weighted by atomic mass is 10.1. The quantitative estimate of drug-likeness (QED) is 0.594. The predicted molar refractivity (Wildman–Crippen MR) is 111 cm³/mol. The van der Waals surface area contributed by atoms with Crippen molar-refractivity contribution >= 4 is 17.0 Å². The van der Waals surface area contributed by atoms with E-state index in [0.717, 1.165) is 5.56 Å². The molecule has 3 rings (SSSR count). The van der Waals surface area contributed by atoms with Gasteiger partial charge in [-0.2, -0.15) is 0 Å². The fourth-order valence-electron chi connectivity index (χ4n) is 3.01. The summed E-state index contributed by atoms with van der Waals surface area (Å²) in [5.41, 5.74) is 0.704. The highest BCUT2D eigenvalue weighted by Gasteiger charge is 2.12. The summed E-state index contributed by atoms with van der Waals surface area (Å²) in [4.78, 5) is 35.9. The normalized spacial score (nSPS) is 11.1. The summed E-state index contributed by atoms with van der Waals surface area (Å²) >= 11 is 0. The standard InChI is InChI=1S/C20H25N5O4/c1-12(2)11-25-18(26)17-14(23-20(25)27)10-22-19(24-17)21-8-7-13-5-6-15(28-3)16(9-13)29-4/h5-6,9-10,12H,7-8,11H2,1-4H3,(H,23,27)(H,21,22,24). The SMILES string of the molecule is COc1ccc(CCNc2ncc3[nH]c(=O)n(CC(C)C)c(=O)c3n2)cc1OC. The molecule has 0 aliphatic carbocycles. The molecule has 0 saturated carbocycles. The van der Waals surface area contributed by atoms with Crippen LogP contribution in [0.5, 0.6) is 11.5 Å². The first-order valence-corrected chi connectivity index (χ1v) is 9.37. The molecule has 0 atom stereocenters. The smallest absolute Gasteiger partial charge is 0.328 e. The van der Waals surface area contributed by atoms with Gasteiger partial charge in [-0.3, -0.25) is 9.36 Å². The molecule has 9 heteroatoms. The Hall–Kier alpha value is -3.36. The van der Waals surface area contributed by atoms with Gasteiger partial charge in [-0.1, -0.05) is 19.9 Å². The van der Waals surface area contributed by atoms with Gasteiger partial charge >= 0.3 is 5.69 Å². The topological polar surface area (TPSA) is 111 Å². The molecule has 9 nitrogen and oxygen atoms in total. The van der Waals surface area contributed by atoms with Crippen molar-refractivity contribution in [2.75, 3.05) is 26.1 Å². The van der Waals surface area contributed by atoms with E-state index in [1.165, 1.54) is 10.8 Å². The fraction of sp³-hybridized carbons (Fsp3) is 0.400. The third-order valence-electron chi connectivity index (χ3n) is 4.42. The zero-order chi connectivity index (χ0) is 21.0. The van der Waals surface area contributed by atoms with Crippen molar-refractivity contribution in [3.05, 3.63) is 50.8 Å². The highest BCUT2D eigenvalue weighted by Crippen LogP contribution is 2.27. The van der Waals surface area contributed by atoms with Crippen LogP contribution in [0.4, 0.5) is 5.95 Å². The van der Waals surface area contributed by atoms with E-state index in [9.17, 15) is 9.59 Å². The highest BCUT2D eigenvalue weighted by atomic mass is 16.5. The van der Waals surface area contributed by atoms with Crippen molar-refractivity contribution in [2.45, 2.75) is 26.8 Å². The van der Waals surface area contributed by atoms with E-state index in [2.05, 4.69) is 20.3 Å². The van der Waals surface area contributed by atoms with Gasteiger partial charge in [0.2, 0.25) is 5.95 Å². The second kappa shape index (κ2) is 8.76. The zero-order valence-corrected chi connectivity index (χ0v) is 17.0. The summed E-state index contributed by atoms with van der Waals surface area (Å²) in [6, 6.07) is 5.73. The van der Waals surface area contributed by atoms with Crippen LogP contribution in [0.2, 0.25) is 0 Å². The summed E-state index contributed by atoms with van der Waals surface area (Å²) in [5, 5.41) is 3.12. The number of methoxy groups -OCH3 is 2. The van der Waals surface area contributed by atoms with Gasteiger partial charge in [0.15, 0.2) is 17.0 Å². The van der Waals surface area contributed by atoms with Crippen LogP contribution in [-0.4, -0.2) is 40.3 Å². The van der Waals surface area contributed by atoms with Gasteiger partial charge in [0.1, 0.15) is 0 Å². The van der Waals surface area contributed by atoms with Gasteiger partial charge in [0.25, 0.3) is 5.56 Å².